The summed E-state index contributed by atoms with van der Waals surface area (Å²) < 4.78 is 11.5. The monoisotopic (exact) mass is 302 g/mol. The van der Waals surface area contributed by atoms with Crippen molar-refractivity contribution in [3.63, 3.8) is 0 Å². The number of aryl methyl sites for hydroxylation is 1. The van der Waals surface area contributed by atoms with E-state index in [4.69, 9.17) is 21.1 Å². The number of hydrogen-bond acceptors (Lipinski definition) is 3. The Bertz CT molecular complexity index is 695. The van der Waals surface area contributed by atoms with E-state index in [1.54, 1.807) is 6.07 Å². The fraction of sp³-hybridized carbons (Fsp3) is 0.235. The number of fused-ring (bicyclic) bond motifs is 1. The van der Waals surface area contributed by atoms with Gasteiger partial charge in [0.15, 0.2) is 6.29 Å². The number of rotatable bonds is 4. The molecule has 2 aromatic carbocycles. The lowest BCUT2D eigenvalue weighted by Crippen LogP contribution is -2.02. The molecule has 3 rings (SSSR count). The maximum Gasteiger partial charge on any atom is 0.153 e. The summed E-state index contributed by atoms with van der Waals surface area (Å²) in [5.41, 5.74) is 3.50. The normalized spacial score (nSPS) is 12.7. The molecule has 0 bridgehead atoms. The van der Waals surface area contributed by atoms with Crippen molar-refractivity contribution < 1.29 is 14.3 Å². The van der Waals surface area contributed by atoms with E-state index < -0.39 is 0 Å². The third-order valence-corrected chi connectivity index (χ3v) is 3.78. The van der Waals surface area contributed by atoms with Crippen molar-refractivity contribution in [3.05, 3.63) is 57.6 Å². The van der Waals surface area contributed by atoms with Gasteiger partial charge in [-0.2, -0.15) is 0 Å². The van der Waals surface area contributed by atoms with E-state index in [9.17, 15) is 4.79 Å². The Morgan fingerprint density at radius 1 is 1.38 bits per heavy atom. The van der Waals surface area contributed by atoms with Crippen molar-refractivity contribution in [2.24, 2.45) is 0 Å². The minimum atomic E-state index is 0.328. The number of benzene rings is 2. The third-order valence-electron chi connectivity index (χ3n) is 3.57. The van der Waals surface area contributed by atoms with Gasteiger partial charge in [0.2, 0.25) is 0 Å². The third kappa shape index (κ3) is 2.74. The van der Waals surface area contributed by atoms with Crippen molar-refractivity contribution in [1.82, 2.24) is 0 Å². The van der Waals surface area contributed by atoms with Crippen LogP contribution in [-0.4, -0.2) is 12.9 Å². The van der Waals surface area contributed by atoms with Crippen molar-refractivity contribution >= 4 is 17.9 Å². The quantitative estimate of drug-likeness (QED) is 0.802. The van der Waals surface area contributed by atoms with Crippen LogP contribution in [-0.2, 0) is 13.0 Å². The first kappa shape index (κ1) is 14.0. The smallest absolute Gasteiger partial charge is 0.153 e. The zero-order chi connectivity index (χ0) is 14.8. The second-order valence-electron chi connectivity index (χ2n) is 5.05. The highest BCUT2D eigenvalue weighted by molar-refractivity contribution is 6.30. The minimum absolute atomic E-state index is 0.328. The summed E-state index contributed by atoms with van der Waals surface area (Å²) in [5, 5.41) is 0.679. The number of halogens is 1. The molecule has 0 spiro atoms. The Morgan fingerprint density at radius 3 is 3.05 bits per heavy atom. The summed E-state index contributed by atoms with van der Waals surface area (Å²) in [5.74, 6) is 1.47. The van der Waals surface area contributed by atoms with Crippen LogP contribution < -0.4 is 9.47 Å². The standard InChI is InChI=1S/C17H15ClO3/c1-11-3-2-4-13(9-19)16(11)21-10-14-8-15(18)7-12-5-6-20-17(12)14/h2-4,7-9H,5-6,10H2,1H3. The van der Waals surface area contributed by atoms with Crippen LogP contribution in [0.4, 0.5) is 0 Å². The van der Waals surface area contributed by atoms with Crippen LogP contribution in [0.3, 0.4) is 0 Å². The molecule has 1 heterocycles. The van der Waals surface area contributed by atoms with Crippen LogP contribution in [0.2, 0.25) is 5.02 Å². The van der Waals surface area contributed by atoms with Crippen LogP contribution in [0, 0.1) is 6.92 Å². The number of aldehydes is 1. The van der Waals surface area contributed by atoms with Crippen LogP contribution in [0.25, 0.3) is 0 Å². The molecule has 1 aliphatic heterocycles. The Hall–Kier alpha value is -2.00. The van der Waals surface area contributed by atoms with Gasteiger partial charge < -0.3 is 9.47 Å². The van der Waals surface area contributed by atoms with Gasteiger partial charge in [0, 0.05) is 17.0 Å². The van der Waals surface area contributed by atoms with E-state index in [1.807, 2.05) is 31.2 Å². The lowest BCUT2D eigenvalue weighted by Gasteiger charge is -2.13. The minimum Gasteiger partial charge on any atom is -0.493 e. The number of para-hydroxylation sites is 1. The summed E-state index contributed by atoms with van der Waals surface area (Å²) in [4.78, 5) is 11.1. The van der Waals surface area contributed by atoms with E-state index in [1.165, 1.54) is 0 Å². The van der Waals surface area contributed by atoms with Crippen molar-refractivity contribution in [2.75, 3.05) is 6.61 Å². The summed E-state index contributed by atoms with van der Waals surface area (Å²) in [6, 6.07) is 9.28. The molecule has 0 fully saturated rings. The Kier molecular flexibility index (Phi) is 3.84. The fourth-order valence-corrected chi connectivity index (χ4v) is 2.83. The molecule has 21 heavy (non-hydrogen) atoms. The van der Waals surface area contributed by atoms with Gasteiger partial charge in [-0.1, -0.05) is 23.7 Å². The predicted molar refractivity (Wildman–Crippen MR) is 81.5 cm³/mol. The van der Waals surface area contributed by atoms with Gasteiger partial charge in [-0.15, -0.1) is 0 Å². The molecule has 0 unspecified atom stereocenters. The molecular weight excluding hydrogens is 288 g/mol. The molecule has 1 aliphatic rings. The first-order chi connectivity index (χ1) is 10.2. The molecule has 0 saturated heterocycles. The molecule has 0 aromatic heterocycles. The van der Waals surface area contributed by atoms with E-state index in [0.717, 1.165) is 35.1 Å². The lowest BCUT2D eigenvalue weighted by atomic mass is 10.1. The first-order valence-corrected chi connectivity index (χ1v) is 7.18. The zero-order valence-corrected chi connectivity index (χ0v) is 12.4. The van der Waals surface area contributed by atoms with Gasteiger partial charge in [0.25, 0.3) is 0 Å². The van der Waals surface area contributed by atoms with E-state index in [2.05, 4.69) is 0 Å². The Morgan fingerprint density at radius 2 is 2.24 bits per heavy atom. The topological polar surface area (TPSA) is 35.5 Å². The van der Waals surface area contributed by atoms with Crippen LogP contribution in [0.15, 0.2) is 30.3 Å². The van der Waals surface area contributed by atoms with Crippen molar-refractivity contribution in [1.29, 1.82) is 0 Å². The second kappa shape index (κ2) is 5.78. The SMILES string of the molecule is Cc1cccc(C=O)c1OCc1cc(Cl)cc2c1OCC2. The highest BCUT2D eigenvalue weighted by Crippen LogP contribution is 2.34. The van der Waals surface area contributed by atoms with E-state index in [0.29, 0.717) is 29.5 Å². The largest absolute Gasteiger partial charge is 0.493 e. The Labute approximate surface area is 128 Å². The van der Waals surface area contributed by atoms with Crippen LogP contribution in [0.1, 0.15) is 27.0 Å². The molecule has 4 heteroatoms. The average Bonchev–Trinajstić information content (AvgIpc) is 2.93. The van der Waals surface area contributed by atoms with Gasteiger partial charge in [-0.05, 0) is 36.2 Å². The maximum atomic E-state index is 11.1. The molecule has 0 atom stereocenters. The van der Waals surface area contributed by atoms with Gasteiger partial charge in [-0.25, -0.2) is 0 Å². The number of ether oxygens (including phenoxy) is 2. The lowest BCUT2D eigenvalue weighted by molar-refractivity contribution is 0.111. The summed E-state index contributed by atoms with van der Waals surface area (Å²) >= 11 is 6.13. The van der Waals surface area contributed by atoms with Gasteiger partial charge in [0.05, 0.1) is 12.2 Å². The summed E-state index contributed by atoms with van der Waals surface area (Å²) in [6.07, 6.45) is 1.67. The summed E-state index contributed by atoms with van der Waals surface area (Å²) in [7, 11) is 0. The fourth-order valence-electron chi connectivity index (χ4n) is 2.57. The van der Waals surface area contributed by atoms with E-state index >= 15 is 0 Å². The summed E-state index contributed by atoms with van der Waals surface area (Å²) in [6.45, 7) is 2.92. The number of hydrogen-bond donors (Lipinski definition) is 0. The Balaban J connectivity index is 1.88. The molecule has 0 aliphatic carbocycles. The van der Waals surface area contributed by atoms with Gasteiger partial charge >= 0.3 is 0 Å². The van der Waals surface area contributed by atoms with E-state index in [-0.39, 0.29) is 0 Å². The van der Waals surface area contributed by atoms with Crippen LogP contribution in [0.5, 0.6) is 11.5 Å². The number of carbonyl (C=O) groups excluding carboxylic acids is 1. The predicted octanol–water partition coefficient (Wildman–Crippen LogP) is 3.97. The molecule has 0 amide bonds. The van der Waals surface area contributed by atoms with Gasteiger partial charge in [-0.3, -0.25) is 4.79 Å². The highest BCUT2D eigenvalue weighted by atomic mass is 35.5. The molecule has 0 N–H and O–H groups in total. The van der Waals surface area contributed by atoms with Crippen molar-refractivity contribution in [2.45, 2.75) is 20.0 Å². The zero-order valence-electron chi connectivity index (χ0n) is 11.7. The first-order valence-electron chi connectivity index (χ1n) is 6.80. The second-order valence-corrected chi connectivity index (χ2v) is 5.49. The molecular formula is C17H15ClO3. The molecule has 0 radical (unpaired) electrons. The van der Waals surface area contributed by atoms with Crippen LogP contribution >= 0.6 is 11.6 Å². The molecule has 3 nitrogen and oxygen atoms in total. The van der Waals surface area contributed by atoms with Crippen molar-refractivity contribution in [3.8, 4) is 11.5 Å². The molecule has 2 aromatic rings. The van der Waals surface area contributed by atoms with Gasteiger partial charge in [0.1, 0.15) is 18.1 Å². The highest BCUT2D eigenvalue weighted by Gasteiger charge is 2.18. The molecule has 0 saturated carbocycles. The number of carbonyl (C=O) groups is 1. The molecule has 108 valence electrons. The average molecular weight is 303 g/mol. The maximum absolute atomic E-state index is 11.1.